The van der Waals surface area contributed by atoms with Gasteiger partial charge >= 0.3 is 0 Å². The highest BCUT2D eigenvalue weighted by Gasteiger charge is 2.21. The summed E-state index contributed by atoms with van der Waals surface area (Å²) in [5.74, 6) is 0. The second kappa shape index (κ2) is 5.02. The average Bonchev–Trinajstić information content (AvgIpc) is 3.21. The second-order valence-corrected chi connectivity index (χ2v) is 5.82. The van der Waals surface area contributed by atoms with Gasteiger partial charge in [-0.05, 0) is 52.2 Å². The molecule has 0 aliphatic heterocycles. The van der Waals surface area contributed by atoms with Crippen LogP contribution in [0.3, 0.4) is 0 Å². The number of nitrogens with zero attached hydrogens (tertiary/aromatic N) is 3. The summed E-state index contributed by atoms with van der Waals surface area (Å²) >= 11 is 0. The Bertz CT molecular complexity index is 638. The van der Waals surface area contributed by atoms with E-state index in [0.717, 1.165) is 23.6 Å². The third-order valence-electron chi connectivity index (χ3n) is 4.14. The summed E-state index contributed by atoms with van der Waals surface area (Å²) in [5.41, 5.74) is 6.97. The first-order chi connectivity index (χ1) is 9.56. The van der Waals surface area contributed by atoms with E-state index in [9.17, 15) is 0 Å². The van der Waals surface area contributed by atoms with E-state index in [2.05, 4.69) is 46.9 Å². The smallest absolute Gasteiger partial charge is 0.0727 e. The highest BCUT2D eigenvalue weighted by Crippen LogP contribution is 2.23. The van der Waals surface area contributed by atoms with Gasteiger partial charge in [-0.1, -0.05) is 0 Å². The van der Waals surface area contributed by atoms with Crippen LogP contribution in [-0.2, 0) is 6.54 Å². The number of aryl methyl sites for hydroxylation is 2. The molecule has 2 aromatic rings. The van der Waals surface area contributed by atoms with Crippen LogP contribution in [-0.4, -0.2) is 20.8 Å². The van der Waals surface area contributed by atoms with Gasteiger partial charge in [-0.2, -0.15) is 5.10 Å². The van der Waals surface area contributed by atoms with Crippen LogP contribution >= 0.6 is 0 Å². The Balaban J connectivity index is 2.00. The van der Waals surface area contributed by atoms with Crippen molar-refractivity contribution in [3.63, 3.8) is 0 Å². The minimum absolute atomic E-state index is 0.700. The first-order valence-electron chi connectivity index (χ1n) is 7.28. The number of hydrogen-bond donors (Lipinski definition) is 1. The number of hydrogen-bond acceptors (Lipinski definition) is 3. The summed E-state index contributed by atoms with van der Waals surface area (Å²) in [7, 11) is 0. The van der Waals surface area contributed by atoms with Crippen LogP contribution in [0, 0.1) is 27.7 Å². The molecule has 4 heteroatoms. The largest absolute Gasteiger partial charge is 0.310 e. The summed E-state index contributed by atoms with van der Waals surface area (Å²) in [5, 5.41) is 8.25. The topological polar surface area (TPSA) is 42.7 Å². The van der Waals surface area contributed by atoms with Crippen LogP contribution in [0.1, 0.15) is 41.1 Å². The molecular weight excluding hydrogens is 248 g/mol. The standard InChI is InChI=1S/C16H22N4/c1-10-7-16(20-13(4)11(2)12(3)19-20)14(8-17-10)9-18-15-5-6-15/h7-8,15,18H,5-6,9H2,1-4H3. The Morgan fingerprint density at radius 3 is 2.60 bits per heavy atom. The fourth-order valence-electron chi connectivity index (χ4n) is 2.40. The van der Waals surface area contributed by atoms with Crippen molar-refractivity contribution in [3.8, 4) is 5.69 Å². The number of nitrogens with one attached hydrogen (secondary N) is 1. The molecule has 2 heterocycles. The lowest BCUT2D eigenvalue weighted by Crippen LogP contribution is -2.18. The molecule has 1 saturated carbocycles. The van der Waals surface area contributed by atoms with Gasteiger partial charge in [0.1, 0.15) is 0 Å². The maximum atomic E-state index is 4.69. The maximum Gasteiger partial charge on any atom is 0.0727 e. The maximum absolute atomic E-state index is 4.69. The summed E-state index contributed by atoms with van der Waals surface area (Å²) in [6.07, 6.45) is 4.58. The molecule has 1 N–H and O–H groups in total. The molecule has 1 aliphatic rings. The lowest BCUT2D eigenvalue weighted by molar-refractivity contribution is 0.676. The van der Waals surface area contributed by atoms with Crippen LogP contribution in [0.2, 0.25) is 0 Å². The minimum atomic E-state index is 0.700. The SMILES string of the molecule is Cc1cc(-n2nc(C)c(C)c2C)c(CNC2CC2)cn1. The molecule has 20 heavy (non-hydrogen) atoms. The van der Waals surface area contributed by atoms with E-state index in [-0.39, 0.29) is 0 Å². The van der Waals surface area contributed by atoms with Gasteiger partial charge in [0.15, 0.2) is 0 Å². The predicted molar refractivity (Wildman–Crippen MR) is 80.2 cm³/mol. The number of aromatic nitrogens is 3. The lowest BCUT2D eigenvalue weighted by Gasteiger charge is -2.12. The lowest BCUT2D eigenvalue weighted by atomic mass is 10.2. The molecule has 0 atom stereocenters. The molecule has 4 nitrogen and oxygen atoms in total. The molecule has 0 saturated heterocycles. The van der Waals surface area contributed by atoms with Gasteiger partial charge in [-0.3, -0.25) is 4.98 Å². The van der Waals surface area contributed by atoms with Crippen molar-refractivity contribution in [1.29, 1.82) is 0 Å². The summed E-state index contributed by atoms with van der Waals surface area (Å²) < 4.78 is 2.06. The highest BCUT2D eigenvalue weighted by molar-refractivity contribution is 5.43. The van der Waals surface area contributed by atoms with Crippen LogP contribution in [0.5, 0.6) is 0 Å². The zero-order valence-corrected chi connectivity index (χ0v) is 12.7. The molecule has 0 aromatic carbocycles. The predicted octanol–water partition coefficient (Wildman–Crippen LogP) is 2.75. The molecule has 0 unspecified atom stereocenters. The van der Waals surface area contributed by atoms with Crippen molar-refractivity contribution in [3.05, 3.63) is 40.5 Å². The van der Waals surface area contributed by atoms with Gasteiger partial charge in [0.05, 0.1) is 11.4 Å². The van der Waals surface area contributed by atoms with Crippen LogP contribution in [0.4, 0.5) is 0 Å². The Labute approximate surface area is 120 Å². The zero-order chi connectivity index (χ0) is 14.3. The Hall–Kier alpha value is -1.68. The first kappa shape index (κ1) is 13.3. The first-order valence-corrected chi connectivity index (χ1v) is 7.28. The van der Waals surface area contributed by atoms with E-state index in [4.69, 9.17) is 0 Å². The van der Waals surface area contributed by atoms with Crippen LogP contribution < -0.4 is 5.32 Å². The molecule has 0 radical (unpaired) electrons. The Kier molecular flexibility index (Phi) is 3.34. The highest BCUT2D eigenvalue weighted by atomic mass is 15.3. The number of pyridine rings is 1. The second-order valence-electron chi connectivity index (χ2n) is 5.82. The Morgan fingerprint density at radius 2 is 2.00 bits per heavy atom. The normalized spacial score (nSPS) is 14.8. The van der Waals surface area contributed by atoms with E-state index in [1.807, 2.05) is 13.1 Å². The quantitative estimate of drug-likeness (QED) is 0.929. The Morgan fingerprint density at radius 1 is 1.25 bits per heavy atom. The van der Waals surface area contributed by atoms with Gasteiger partial charge in [-0.15, -0.1) is 0 Å². The molecule has 106 valence electrons. The van der Waals surface area contributed by atoms with E-state index in [1.54, 1.807) is 0 Å². The van der Waals surface area contributed by atoms with E-state index < -0.39 is 0 Å². The molecule has 2 aromatic heterocycles. The fraction of sp³-hybridized carbons (Fsp3) is 0.500. The van der Waals surface area contributed by atoms with Crippen molar-refractivity contribution in [2.75, 3.05) is 0 Å². The third kappa shape index (κ3) is 2.48. The molecule has 3 rings (SSSR count). The van der Waals surface area contributed by atoms with Crippen molar-refractivity contribution in [2.45, 2.75) is 53.1 Å². The van der Waals surface area contributed by atoms with E-state index in [0.29, 0.717) is 6.04 Å². The van der Waals surface area contributed by atoms with Crippen molar-refractivity contribution < 1.29 is 0 Å². The van der Waals surface area contributed by atoms with Crippen molar-refractivity contribution in [1.82, 2.24) is 20.1 Å². The van der Waals surface area contributed by atoms with Crippen LogP contribution in [0.25, 0.3) is 5.69 Å². The van der Waals surface area contributed by atoms with Crippen molar-refractivity contribution in [2.24, 2.45) is 0 Å². The van der Waals surface area contributed by atoms with Crippen LogP contribution in [0.15, 0.2) is 12.3 Å². The fourth-order valence-corrected chi connectivity index (χ4v) is 2.40. The molecule has 1 fully saturated rings. The summed E-state index contributed by atoms with van der Waals surface area (Å²) in [4.78, 5) is 4.44. The molecule has 1 aliphatic carbocycles. The summed E-state index contributed by atoms with van der Waals surface area (Å²) in [6, 6.07) is 2.83. The van der Waals surface area contributed by atoms with Gasteiger partial charge in [-0.25, -0.2) is 4.68 Å². The minimum Gasteiger partial charge on any atom is -0.310 e. The molecular formula is C16H22N4. The number of rotatable bonds is 4. The summed E-state index contributed by atoms with van der Waals surface area (Å²) in [6.45, 7) is 9.22. The van der Waals surface area contributed by atoms with Crippen molar-refractivity contribution >= 4 is 0 Å². The molecule has 0 amide bonds. The zero-order valence-electron chi connectivity index (χ0n) is 12.7. The van der Waals surface area contributed by atoms with Gasteiger partial charge in [0.2, 0.25) is 0 Å². The van der Waals surface area contributed by atoms with E-state index >= 15 is 0 Å². The van der Waals surface area contributed by atoms with Gasteiger partial charge < -0.3 is 5.32 Å². The third-order valence-corrected chi connectivity index (χ3v) is 4.14. The monoisotopic (exact) mass is 270 g/mol. The average molecular weight is 270 g/mol. The van der Waals surface area contributed by atoms with Gasteiger partial charge in [0, 0.05) is 35.7 Å². The molecule has 0 spiro atoms. The van der Waals surface area contributed by atoms with E-state index in [1.165, 1.54) is 29.7 Å². The molecule has 0 bridgehead atoms. The van der Waals surface area contributed by atoms with Gasteiger partial charge in [0.25, 0.3) is 0 Å².